The smallest absolute Gasteiger partial charge is 0.313 e. The highest BCUT2D eigenvalue weighted by atomic mass is 79.9. The van der Waals surface area contributed by atoms with Crippen molar-refractivity contribution in [2.75, 3.05) is 5.75 Å². The molecular weight excluding hydrogens is 344 g/mol. The first-order valence-corrected chi connectivity index (χ1v) is 6.82. The summed E-state index contributed by atoms with van der Waals surface area (Å²) in [4.78, 5) is 10.5. The third-order valence-electron chi connectivity index (χ3n) is 1.90. The van der Waals surface area contributed by atoms with Crippen LogP contribution in [-0.4, -0.2) is 37.0 Å². The molecule has 0 amide bonds. The summed E-state index contributed by atoms with van der Waals surface area (Å²) in [5.74, 6) is -1.05. The van der Waals surface area contributed by atoms with Crippen LogP contribution in [0.3, 0.4) is 0 Å². The van der Waals surface area contributed by atoms with Gasteiger partial charge >= 0.3 is 5.97 Å². The Morgan fingerprint density at radius 3 is 3.00 bits per heavy atom. The lowest BCUT2D eigenvalue weighted by molar-refractivity contribution is -0.133. The van der Waals surface area contributed by atoms with Crippen LogP contribution in [-0.2, 0) is 4.79 Å². The molecule has 1 N–H and O–H groups in total. The molecular formula is C9H6BrClN4O2S. The average Bonchev–Trinajstić information content (AvgIpc) is 2.74. The molecule has 1 aromatic heterocycles. The van der Waals surface area contributed by atoms with E-state index < -0.39 is 5.97 Å². The number of nitrogens with zero attached hydrogens (tertiary/aromatic N) is 4. The van der Waals surface area contributed by atoms with Crippen molar-refractivity contribution in [1.29, 1.82) is 0 Å². The first-order chi connectivity index (χ1) is 8.58. The van der Waals surface area contributed by atoms with Gasteiger partial charge in [-0.3, -0.25) is 4.79 Å². The summed E-state index contributed by atoms with van der Waals surface area (Å²) in [5.41, 5.74) is 0.595. The third-order valence-corrected chi connectivity index (χ3v) is 3.60. The zero-order chi connectivity index (χ0) is 13.1. The van der Waals surface area contributed by atoms with Crippen molar-refractivity contribution in [2.24, 2.45) is 0 Å². The molecule has 0 aliphatic rings. The number of carboxylic acid groups (broad SMARTS) is 1. The minimum atomic E-state index is -0.934. The topological polar surface area (TPSA) is 80.9 Å². The number of hydrogen-bond acceptors (Lipinski definition) is 5. The predicted molar refractivity (Wildman–Crippen MR) is 70.2 cm³/mol. The second kappa shape index (κ2) is 5.68. The van der Waals surface area contributed by atoms with E-state index in [0.717, 1.165) is 16.2 Å². The van der Waals surface area contributed by atoms with Gasteiger partial charge in [-0.05, 0) is 28.6 Å². The maximum Gasteiger partial charge on any atom is 0.313 e. The Morgan fingerprint density at radius 2 is 2.33 bits per heavy atom. The lowest BCUT2D eigenvalue weighted by atomic mass is 10.3. The summed E-state index contributed by atoms with van der Waals surface area (Å²) in [7, 11) is 0. The van der Waals surface area contributed by atoms with Gasteiger partial charge in [-0.25, -0.2) is 0 Å². The van der Waals surface area contributed by atoms with Crippen LogP contribution in [0.5, 0.6) is 0 Å². The maximum atomic E-state index is 10.5. The van der Waals surface area contributed by atoms with E-state index in [9.17, 15) is 4.79 Å². The van der Waals surface area contributed by atoms with Crippen LogP contribution in [0.4, 0.5) is 0 Å². The van der Waals surface area contributed by atoms with Crippen LogP contribution in [0.15, 0.2) is 27.8 Å². The SMILES string of the molecule is O=C(O)CSc1nnnn1-c1ccc(Br)cc1Cl. The van der Waals surface area contributed by atoms with E-state index in [1.54, 1.807) is 18.2 Å². The highest BCUT2D eigenvalue weighted by Gasteiger charge is 2.13. The van der Waals surface area contributed by atoms with Gasteiger partial charge in [0, 0.05) is 4.47 Å². The quantitative estimate of drug-likeness (QED) is 0.853. The lowest BCUT2D eigenvalue weighted by Crippen LogP contribution is -2.03. The van der Waals surface area contributed by atoms with Crippen LogP contribution in [0.25, 0.3) is 5.69 Å². The van der Waals surface area contributed by atoms with E-state index in [1.807, 2.05) is 0 Å². The third kappa shape index (κ3) is 3.01. The van der Waals surface area contributed by atoms with E-state index in [1.165, 1.54) is 4.68 Å². The second-order valence-corrected chi connectivity index (χ2v) is 5.42. The van der Waals surface area contributed by atoms with Crippen LogP contribution < -0.4 is 0 Å². The summed E-state index contributed by atoms with van der Waals surface area (Å²) in [6.07, 6.45) is 0. The molecule has 1 aromatic carbocycles. The zero-order valence-corrected chi connectivity index (χ0v) is 11.9. The Morgan fingerprint density at radius 1 is 1.56 bits per heavy atom. The first-order valence-electron chi connectivity index (χ1n) is 4.66. The molecule has 0 aliphatic carbocycles. The Kier molecular flexibility index (Phi) is 4.20. The van der Waals surface area contributed by atoms with Gasteiger partial charge < -0.3 is 5.11 Å². The summed E-state index contributed by atoms with van der Waals surface area (Å²) in [5, 5.41) is 20.6. The summed E-state index contributed by atoms with van der Waals surface area (Å²) >= 11 is 10.4. The fraction of sp³-hybridized carbons (Fsp3) is 0.111. The van der Waals surface area contributed by atoms with E-state index in [-0.39, 0.29) is 5.75 Å². The highest BCUT2D eigenvalue weighted by molar-refractivity contribution is 9.10. The Bertz CT molecular complexity index is 592. The van der Waals surface area contributed by atoms with Gasteiger partial charge in [0.25, 0.3) is 0 Å². The van der Waals surface area contributed by atoms with Crippen molar-refractivity contribution < 1.29 is 9.90 Å². The van der Waals surface area contributed by atoms with Gasteiger partial charge in [-0.2, -0.15) is 4.68 Å². The molecule has 0 aliphatic heterocycles. The molecule has 0 atom stereocenters. The number of carboxylic acids is 1. The average molecular weight is 350 g/mol. The monoisotopic (exact) mass is 348 g/mol. The van der Waals surface area contributed by atoms with Crippen molar-refractivity contribution in [2.45, 2.75) is 5.16 Å². The lowest BCUT2D eigenvalue weighted by Gasteiger charge is -2.05. The standard InChI is InChI=1S/C9H6BrClN4O2S/c10-5-1-2-7(6(11)3-5)15-9(12-13-14-15)18-4-8(16)17/h1-3H,4H2,(H,16,17). The van der Waals surface area contributed by atoms with Gasteiger partial charge in [0.1, 0.15) is 0 Å². The molecule has 18 heavy (non-hydrogen) atoms. The molecule has 0 radical (unpaired) electrons. The number of aliphatic carboxylic acids is 1. The molecule has 94 valence electrons. The number of tetrazole rings is 1. The first kappa shape index (κ1) is 13.3. The van der Waals surface area contributed by atoms with Crippen molar-refractivity contribution in [3.05, 3.63) is 27.7 Å². The summed E-state index contributed by atoms with van der Waals surface area (Å²) in [6.45, 7) is 0. The molecule has 0 bridgehead atoms. The minimum absolute atomic E-state index is 0.117. The highest BCUT2D eigenvalue weighted by Crippen LogP contribution is 2.26. The van der Waals surface area contributed by atoms with Crippen LogP contribution in [0.2, 0.25) is 5.02 Å². The maximum absolute atomic E-state index is 10.5. The Labute approximate surface area is 119 Å². The molecule has 1 heterocycles. The molecule has 6 nitrogen and oxygen atoms in total. The number of rotatable bonds is 4. The van der Waals surface area contributed by atoms with Gasteiger partial charge in [-0.15, -0.1) is 5.10 Å². The molecule has 2 rings (SSSR count). The molecule has 2 aromatic rings. The van der Waals surface area contributed by atoms with Gasteiger partial charge in [0.05, 0.1) is 16.5 Å². The molecule has 0 saturated heterocycles. The second-order valence-electron chi connectivity index (χ2n) is 3.15. The number of halogens is 2. The zero-order valence-electron chi connectivity index (χ0n) is 8.75. The van der Waals surface area contributed by atoms with Crippen molar-refractivity contribution >= 4 is 45.3 Å². The van der Waals surface area contributed by atoms with E-state index in [4.69, 9.17) is 16.7 Å². The number of hydrogen-bond donors (Lipinski definition) is 1. The number of thioether (sulfide) groups is 1. The molecule has 0 fully saturated rings. The van der Waals surface area contributed by atoms with Crippen molar-refractivity contribution in [3.63, 3.8) is 0 Å². The molecule has 0 unspecified atom stereocenters. The van der Waals surface area contributed by atoms with Crippen LogP contribution in [0.1, 0.15) is 0 Å². The van der Waals surface area contributed by atoms with Gasteiger partial charge in [0.2, 0.25) is 5.16 Å². The molecule has 0 saturated carbocycles. The number of benzene rings is 1. The normalized spacial score (nSPS) is 10.6. The largest absolute Gasteiger partial charge is 0.481 e. The Hall–Kier alpha value is -1.12. The van der Waals surface area contributed by atoms with Crippen LogP contribution in [0, 0.1) is 0 Å². The van der Waals surface area contributed by atoms with E-state index in [0.29, 0.717) is 15.9 Å². The van der Waals surface area contributed by atoms with Gasteiger partial charge in [-0.1, -0.05) is 39.3 Å². The predicted octanol–water partition coefficient (Wildman–Crippen LogP) is 2.25. The van der Waals surface area contributed by atoms with Gasteiger partial charge in [0.15, 0.2) is 0 Å². The fourth-order valence-electron chi connectivity index (χ4n) is 1.20. The number of carbonyl (C=O) groups is 1. The number of aromatic nitrogens is 4. The van der Waals surface area contributed by atoms with Crippen LogP contribution >= 0.6 is 39.3 Å². The molecule has 0 spiro atoms. The fourth-order valence-corrected chi connectivity index (χ4v) is 2.56. The Balaban J connectivity index is 2.33. The summed E-state index contributed by atoms with van der Waals surface area (Å²) < 4.78 is 2.24. The van der Waals surface area contributed by atoms with Crippen molar-refractivity contribution in [3.8, 4) is 5.69 Å². The van der Waals surface area contributed by atoms with E-state index in [2.05, 4.69) is 31.5 Å². The van der Waals surface area contributed by atoms with Crippen molar-refractivity contribution in [1.82, 2.24) is 20.2 Å². The molecule has 9 heteroatoms. The minimum Gasteiger partial charge on any atom is -0.481 e. The van der Waals surface area contributed by atoms with E-state index >= 15 is 0 Å². The summed E-state index contributed by atoms with van der Waals surface area (Å²) in [6, 6.07) is 5.26.